The van der Waals surface area contributed by atoms with Gasteiger partial charge in [-0.1, -0.05) is 13.0 Å². The summed E-state index contributed by atoms with van der Waals surface area (Å²) < 4.78 is 7.62. The highest BCUT2D eigenvalue weighted by atomic mass is 79.9. The molecule has 0 radical (unpaired) electrons. The minimum absolute atomic E-state index is 0.0773. The Labute approximate surface area is 118 Å². The van der Waals surface area contributed by atoms with Crippen molar-refractivity contribution < 1.29 is 9.66 Å². The van der Waals surface area contributed by atoms with Crippen LogP contribution in [0.5, 0.6) is 5.75 Å². The van der Waals surface area contributed by atoms with Gasteiger partial charge in [0.15, 0.2) is 5.75 Å². The molecule has 1 aromatic carbocycles. The van der Waals surface area contributed by atoms with Crippen molar-refractivity contribution in [2.75, 3.05) is 6.61 Å². The van der Waals surface area contributed by atoms with E-state index in [4.69, 9.17) is 4.74 Å². The molecule has 7 heteroatoms. The molecule has 0 saturated heterocycles. The van der Waals surface area contributed by atoms with Crippen molar-refractivity contribution in [3.8, 4) is 11.4 Å². The van der Waals surface area contributed by atoms with E-state index in [1.165, 1.54) is 4.68 Å². The Bertz CT molecular complexity index is 598. The summed E-state index contributed by atoms with van der Waals surface area (Å²) in [5, 5.41) is 15.3. The van der Waals surface area contributed by atoms with E-state index in [9.17, 15) is 10.1 Å². The fourth-order valence-electron chi connectivity index (χ4n) is 1.64. The molecule has 0 bridgehead atoms. The van der Waals surface area contributed by atoms with Crippen molar-refractivity contribution in [3.05, 3.63) is 45.2 Å². The number of hydrogen-bond acceptors (Lipinski definition) is 4. The molecule has 0 N–H and O–H groups in total. The number of nitrogens with zero attached hydrogens (tertiary/aromatic N) is 3. The first kappa shape index (κ1) is 13.5. The molecule has 0 aliphatic carbocycles. The summed E-state index contributed by atoms with van der Waals surface area (Å²) in [6, 6.07) is 4.94. The van der Waals surface area contributed by atoms with Crippen molar-refractivity contribution in [1.82, 2.24) is 9.78 Å². The van der Waals surface area contributed by atoms with Crippen LogP contribution in [0.3, 0.4) is 0 Å². The number of ether oxygens (including phenoxy) is 1. The van der Waals surface area contributed by atoms with Gasteiger partial charge in [0.05, 0.1) is 22.2 Å². The third-order valence-corrected chi connectivity index (χ3v) is 2.83. The van der Waals surface area contributed by atoms with Crippen molar-refractivity contribution in [2.45, 2.75) is 13.3 Å². The maximum atomic E-state index is 11.3. The van der Waals surface area contributed by atoms with Crippen LogP contribution >= 0.6 is 15.9 Å². The molecule has 0 fully saturated rings. The van der Waals surface area contributed by atoms with Gasteiger partial charge in [0.1, 0.15) is 5.69 Å². The molecule has 0 atom stereocenters. The van der Waals surface area contributed by atoms with Crippen LogP contribution in [-0.2, 0) is 0 Å². The Kier molecular flexibility index (Phi) is 4.16. The summed E-state index contributed by atoms with van der Waals surface area (Å²) >= 11 is 3.27. The number of aromatic nitrogens is 2. The minimum Gasteiger partial charge on any atom is -0.487 e. The molecule has 19 heavy (non-hydrogen) atoms. The van der Waals surface area contributed by atoms with Crippen LogP contribution in [0.15, 0.2) is 35.1 Å². The molecule has 0 amide bonds. The second-order valence-corrected chi connectivity index (χ2v) is 4.75. The van der Waals surface area contributed by atoms with Crippen molar-refractivity contribution >= 4 is 21.6 Å². The number of rotatable bonds is 5. The van der Waals surface area contributed by atoms with Gasteiger partial charge in [0.25, 0.3) is 0 Å². The van der Waals surface area contributed by atoms with Crippen LogP contribution in [-0.4, -0.2) is 21.3 Å². The monoisotopic (exact) mass is 325 g/mol. The minimum atomic E-state index is -0.449. The van der Waals surface area contributed by atoms with Crippen LogP contribution < -0.4 is 4.74 Å². The Hall–Kier alpha value is -1.89. The van der Waals surface area contributed by atoms with Crippen LogP contribution in [0.1, 0.15) is 13.3 Å². The van der Waals surface area contributed by atoms with E-state index < -0.39 is 4.92 Å². The second kappa shape index (κ2) is 5.83. The Morgan fingerprint density at radius 3 is 2.89 bits per heavy atom. The highest BCUT2D eigenvalue weighted by molar-refractivity contribution is 9.10. The Morgan fingerprint density at radius 1 is 1.53 bits per heavy atom. The number of para-hydroxylation sites is 1. The van der Waals surface area contributed by atoms with E-state index >= 15 is 0 Å². The lowest BCUT2D eigenvalue weighted by molar-refractivity contribution is -0.385. The SMILES string of the molecule is CCCOc1cccc(-n2cc(Br)cn2)c1[N+](=O)[O-]. The number of nitro benzene ring substituents is 1. The summed E-state index contributed by atoms with van der Waals surface area (Å²) in [5.74, 6) is 0.260. The lowest BCUT2D eigenvalue weighted by Crippen LogP contribution is -2.04. The molecular formula is C12H12BrN3O3. The molecule has 2 aromatic rings. The predicted octanol–water partition coefficient (Wildman–Crippen LogP) is 3.33. The van der Waals surface area contributed by atoms with E-state index in [0.29, 0.717) is 12.3 Å². The quantitative estimate of drug-likeness (QED) is 0.624. The van der Waals surface area contributed by atoms with Crippen LogP contribution in [0.25, 0.3) is 5.69 Å². The fraction of sp³-hybridized carbons (Fsp3) is 0.250. The zero-order valence-electron chi connectivity index (χ0n) is 10.2. The highest BCUT2D eigenvalue weighted by Crippen LogP contribution is 2.33. The molecule has 0 saturated carbocycles. The lowest BCUT2D eigenvalue weighted by atomic mass is 10.2. The van der Waals surface area contributed by atoms with Crippen molar-refractivity contribution in [3.63, 3.8) is 0 Å². The van der Waals surface area contributed by atoms with E-state index in [1.807, 2.05) is 6.92 Å². The summed E-state index contributed by atoms with van der Waals surface area (Å²) in [7, 11) is 0. The van der Waals surface area contributed by atoms with Crippen molar-refractivity contribution in [1.29, 1.82) is 0 Å². The van der Waals surface area contributed by atoms with E-state index in [0.717, 1.165) is 10.9 Å². The Balaban J connectivity index is 2.51. The zero-order chi connectivity index (χ0) is 13.8. The maximum absolute atomic E-state index is 11.3. The first-order valence-corrected chi connectivity index (χ1v) is 6.53. The van der Waals surface area contributed by atoms with Gasteiger partial charge in [-0.05, 0) is 34.5 Å². The van der Waals surface area contributed by atoms with Gasteiger partial charge in [-0.25, -0.2) is 4.68 Å². The van der Waals surface area contributed by atoms with Gasteiger partial charge in [0.2, 0.25) is 0 Å². The molecule has 100 valence electrons. The third-order valence-electron chi connectivity index (χ3n) is 2.42. The van der Waals surface area contributed by atoms with Crippen LogP contribution in [0.4, 0.5) is 5.69 Å². The van der Waals surface area contributed by atoms with E-state index in [2.05, 4.69) is 21.0 Å². The van der Waals surface area contributed by atoms with Crippen molar-refractivity contribution in [2.24, 2.45) is 0 Å². The third kappa shape index (κ3) is 2.93. The molecule has 0 aliphatic rings. The zero-order valence-corrected chi connectivity index (χ0v) is 11.8. The molecule has 0 spiro atoms. The van der Waals surface area contributed by atoms with Crippen LogP contribution in [0, 0.1) is 10.1 Å². The van der Waals surface area contributed by atoms with Gasteiger partial charge in [0, 0.05) is 6.20 Å². The molecular weight excluding hydrogens is 314 g/mol. The maximum Gasteiger partial charge on any atom is 0.336 e. The topological polar surface area (TPSA) is 70.2 Å². The van der Waals surface area contributed by atoms with Gasteiger partial charge >= 0.3 is 5.69 Å². The van der Waals surface area contributed by atoms with E-state index in [1.54, 1.807) is 30.6 Å². The number of halogens is 1. The second-order valence-electron chi connectivity index (χ2n) is 3.83. The number of hydrogen-bond donors (Lipinski definition) is 0. The largest absolute Gasteiger partial charge is 0.487 e. The molecule has 1 heterocycles. The number of nitro groups is 1. The summed E-state index contributed by atoms with van der Waals surface area (Å²) in [6.07, 6.45) is 4.02. The molecule has 0 unspecified atom stereocenters. The van der Waals surface area contributed by atoms with Crippen LogP contribution in [0.2, 0.25) is 0 Å². The smallest absolute Gasteiger partial charge is 0.336 e. The average Bonchev–Trinajstić information content (AvgIpc) is 2.82. The first-order chi connectivity index (χ1) is 9.13. The van der Waals surface area contributed by atoms with Gasteiger partial charge in [-0.15, -0.1) is 0 Å². The summed E-state index contributed by atoms with van der Waals surface area (Å²) in [6.45, 7) is 2.38. The highest BCUT2D eigenvalue weighted by Gasteiger charge is 2.22. The standard InChI is InChI=1S/C12H12BrN3O3/c1-2-6-19-11-5-3-4-10(12(11)16(17)18)15-8-9(13)7-14-15/h3-5,7-8H,2,6H2,1H3. The molecule has 6 nitrogen and oxygen atoms in total. The fourth-order valence-corrected chi connectivity index (χ4v) is 1.93. The molecule has 1 aromatic heterocycles. The van der Waals surface area contributed by atoms with Gasteiger partial charge < -0.3 is 4.74 Å². The normalized spacial score (nSPS) is 10.4. The average molecular weight is 326 g/mol. The first-order valence-electron chi connectivity index (χ1n) is 5.74. The summed E-state index contributed by atoms with van der Waals surface area (Å²) in [5.41, 5.74) is 0.302. The Morgan fingerprint density at radius 2 is 2.32 bits per heavy atom. The molecule has 0 aliphatic heterocycles. The predicted molar refractivity (Wildman–Crippen MR) is 73.7 cm³/mol. The van der Waals surface area contributed by atoms with Gasteiger partial charge in [-0.3, -0.25) is 10.1 Å². The lowest BCUT2D eigenvalue weighted by Gasteiger charge is -2.08. The van der Waals surface area contributed by atoms with Gasteiger partial charge in [-0.2, -0.15) is 5.10 Å². The van der Waals surface area contributed by atoms with E-state index in [-0.39, 0.29) is 11.4 Å². The molecule has 2 rings (SSSR count). The number of benzene rings is 1. The summed E-state index contributed by atoms with van der Waals surface area (Å²) in [4.78, 5) is 10.8.